The second kappa shape index (κ2) is 7.49. The molecule has 0 aromatic carbocycles. The van der Waals surface area contributed by atoms with E-state index in [1.165, 1.54) is 12.8 Å². The van der Waals surface area contributed by atoms with Gasteiger partial charge in [0.15, 0.2) is 0 Å². The average molecular weight is 228 g/mol. The van der Waals surface area contributed by atoms with Crippen LogP contribution in [0.25, 0.3) is 0 Å². The molecule has 1 amide bonds. The molecule has 0 radical (unpaired) electrons. The summed E-state index contributed by atoms with van der Waals surface area (Å²) in [6.07, 6.45) is 3.29. The van der Waals surface area contributed by atoms with Gasteiger partial charge in [0.2, 0.25) is 0 Å². The van der Waals surface area contributed by atoms with E-state index in [0.29, 0.717) is 18.4 Å². The van der Waals surface area contributed by atoms with Gasteiger partial charge in [0.1, 0.15) is 0 Å². The van der Waals surface area contributed by atoms with Crippen LogP contribution in [0.4, 0.5) is 4.79 Å². The zero-order valence-corrected chi connectivity index (χ0v) is 10.4. The van der Waals surface area contributed by atoms with Crippen LogP contribution >= 0.6 is 0 Å². The van der Waals surface area contributed by atoms with Crippen LogP contribution in [0.2, 0.25) is 0 Å². The van der Waals surface area contributed by atoms with Crippen LogP contribution in [-0.4, -0.2) is 32.3 Å². The molecule has 4 nitrogen and oxygen atoms in total. The minimum absolute atomic E-state index is 0.280. The average Bonchev–Trinajstić information content (AvgIpc) is 2.28. The number of ether oxygens (including phenoxy) is 1. The van der Waals surface area contributed by atoms with Crippen molar-refractivity contribution in [3.63, 3.8) is 0 Å². The van der Waals surface area contributed by atoms with Gasteiger partial charge >= 0.3 is 6.09 Å². The summed E-state index contributed by atoms with van der Waals surface area (Å²) in [6, 6.07) is 0. The quantitative estimate of drug-likeness (QED) is 0.754. The van der Waals surface area contributed by atoms with Gasteiger partial charge in [-0.2, -0.15) is 0 Å². The molecular weight excluding hydrogens is 204 g/mol. The second-order valence-electron chi connectivity index (χ2n) is 4.92. The summed E-state index contributed by atoms with van der Waals surface area (Å²) in [7, 11) is 0. The van der Waals surface area contributed by atoms with Crippen LogP contribution in [0, 0.1) is 11.8 Å². The van der Waals surface area contributed by atoms with Crippen molar-refractivity contribution in [3.05, 3.63) is 0 Å². The lowest BCUT2D eigenvalue weighted by Gasteiger charge is -2.22. The maximum Gasteiger partial charge on any atom is 0.407 e. The Morgan fingerprint density at radius 1 is 1.56 bits per heavy atom. The number of hydrogen-bond donors (Lipinski definition) is 2. The standard InChI is InChI=1S/C12H24N2O2/c1-10(2)9-16-12(15)14-7-5-11-4-3-6-13-8-11/h10-11,13H,3-9H2,1-2H3,(H,14,15). The maximum atomic E-state index is 11.2. The van der Waals surface area contributed by atoms with Gasteiger partial charge in [0, 0.05) is 6.54 Å². The Hall–Kier alpha value is -0.770. The number of piperidine rings is 1. The first-order chi connectivity index (χ1) is 7.68. The normalized spacial score (nSPS) is 20.8. The topological polar surface area (TPSA) is 50.4 Å². The third-order valence-electron chi connectivity index (χ3n) is 2.77. The van der Waals surface area contributed by atoms with Gasteiger partial charge in [-0.3, -0.25) is 0 Å². The first-order valence-electron chi connectivity index (χ1n) is 6.30. The molecule has 4 heteroatoms. The monoisotopic (exact) mass is 228 g/mol. The van der Waals surface area contributed by atoms with Crippen LogP contribution in [0.15, 0.2) is 0 Å². The molecule has 1 aliphatic rings. The fraction of sp³-hybridized carbons (Fsp3) is 0.917. The predicted octanol–water partition coefficient (Wildman–Crippen LogP) is 1.76. The van der Waals surface area contributed by atoms with Crippen molar-refractivity contribution < 1.29 is 9.53 Å². The van der Waals surface area contributed by atoms with Crippen molar-refractivity contribution in [2.75, 3.05) is 26.2 Å². The molecule has 16 heavy (non-hydrogen) atoms. The number of carbonyl (C=O) groups is 1. The van der Waals surface area contributed by atoms with Gasteiger partial charge in [-0.05, 0) is 44.2 Å². The lowest BCUT2D eigenvalue weighted by atomic mass is 9.96. The Morgan fingerprint density at radius 2 is 2.38 bits per heavy atom. The molecule has 0 spiro atoms. The molecule has 1 rings (SSSR count). The number of hydrogen-bond acceptors (Lipinski definition) is 3. The number of rotatable bonds is 5. The van der Waals surface area contributed by atoms with E-state index in [1.807, 2.05) is 13.8 Å². The lowest BCUT2D eigenvalue weighted by molar-refractivity contribution is 0.132. The third-order valence-corrected chi connectivity index (χ3v) is 2.77. The van der Waals surface area contributed by atoms with E-state index >= 15 is 0 Å². The van der Waals surface area contributed by atoms with Crippen molar-refractivity contribution in [3.8, 4) is 0 Å². The highest BCUT2D eigenvalue weighted by atomic mass is 16.5. The fourth-order valence-electron chi connectivity index (χ4n) is 1.84. The number of alkyl carbamates (subject to hydrolysis) is 1. The van der Waals surface area contributed by atoms with E-state index in [-0.39, 0.29) is 6.09 Å². The molecule has 1 unspecified atom stereocenters. The van der Waals surface area contributed by atoms with Gasteiger partial charge in [-0.1, -0.05) is 13.8 Å². The molecule has 0 aromatic rings. The van der Waals surface area contributed by atoms with Gasteiger partial charge < -0.3 is 15.4 Å². The highest BCUT2D eigenvalue weighted by Gasteiger charge is 2.12. The largest absolute Gasteiger partial charge is 0.449 e. The molecule has 2 N–H and O–H groups in total. The Labute approximate surface area is 98.1 Å². The Balaban J connectivity index is 1.99. The molecule has 0 bridgehead atoms. The SMILES string of the molecule is CC(C)COC(=O)NCCC1CCCNC1. The molecule has 1 saturated heterocycles. The molecular formula is C12H24N2O2. The van der Waals surface area contributed by atoms with Crippen molar-refractivity contribution in [2.24, 2.45) is 11.8 Å². The van der Waals surface area contributed by atoms with Crippen LogP contribution in [0.1, 0.15) is 33.1 Å². The van der Waals surface area contributed by atoms with Gasteiger partial charge in [0.25, 0.3) is 0 Å². The summed E-state index contributed by atoms with van der Waals surface area (Å²) in [4.78, 5) is 11.2. The predicted molar refractivity (Wildman–Crippen MR) is 64.4 cm³/mol. The van der Waals surface area contributed by atoms with Crippen molar-refractivity contribution >= 4 is 6.09 Å². The fourth-order valence-corrected chi connectivity index (χ4v) is 1.84. The molecule has 0 aliphatic carbocycles. The van der Waals surface area contributed by atoms with Gasteiger partial charge in [0.05, 0.1) is 6.61 Å². The van der Waals surface area contributed by atoms with E-state index in [1.54, 1.807) is 0 Å². The molecule has 94 valence electrons. The number of nitrogens with one attached hydrogen (secondary N) is 2. The minimum Gasteiger partial charge on any atom is -0.449 e. The maximum absolute atomic E-state index is 11.2. The molecule has 0 saturated carbocycles. The van der Waals surface area contributed by atoms with Gasteiger partial charge in [-0.25, -0.2) is 4.79 Å². The van der Waals surface area contributed by atoms with Crippen LogP contribution in [0.3, 0.4) is 0 Å². The minimum atomic E-state index is -0.280. The molecule has 1 heterocycles. The summed E-state index contributed by atoms with van der Waals surface area (Å²) in [6.45, 7) is 7.51. The highest BCUT2D eigenvalue weighted by molar-refractivity contribution is 5.66. The van der Waals surface area contributed by atoms with E-state index in [0.717, 1.165) is 26.1 Å². The summed E-state index contributed by atoms with van der Waals surface area (Å²) in [5, 5.41) is 6.17. The summed E-state index contributed by atoms with van der Waals surface area (Å²) in [5.74, 6) is 1.10. The highest BCUT2D eigenvalue weighted by Crippen LogP contribution is 2.12. The van der Waals surface area contributed by atoms with E-state index < -0.39 is 0 Å². The Bertz CT molecular complexity index is 201. The van der Waals surface area contributed by atoms with Gasteiger partial charge in [-0.15, -0.1) is 0 Å². The summed E-state index contributed by atoms with van der Waals surface area (Å²) >= 11 is 0. The van der Waals surface area contributed by atoms with Crippen molar-refractivity contribution in [2.45, 2.75) is 33.1 Å². The van der Waals surface area contributed by atoms with E-state index in [9.17, 15) is 4.79 Å². The van der Waals surface area contributed by atoms with Crippen molar-refractivity contribution in [1.82, 2.24) is 10.6 Å². The number of amides is 1. The van der Waals surface area contributed by atoms with E-state index in [2.05, 4.69) is 10.6 Å². The third kappa shape index (κ3) is 5.95. The van der Waals surface area contributed by atoms with E-state index in [4.69, 9.17) is 4.74 Å². The van der Waals surface area contributed by atoms with Crippen LogP contribution < -0.4 is 10.6 Å². The van der Waals surface area contributed by atoms with Crippen LogP contribution in [0.5, 0.6) is 0 Å². The molecule has 1 aliphatic heterocycles. The summed E-state index contributed by atoms with van der Waals surface area (Å²) in [5.41, 5.74) is 0. The Morgan fingerprint density at radius 3 is 3.00 bits per heavy atom. The number of carbonyl (C=O) groups excluding carboxylic acids is 1. The van der Waals surface area contributed by atoms with Crippen molar-refractivity contribution in [1.29, 1.82) is 0 Å². The van der Waals surface area contributed by atoms with Crippen LogP contribution in [-0.2, 0) is 4.74 Å². The molecule has 1 fully saturated rings. The molecule has 0 aromatic heterocycles. The second-order valence-corrected chi connectivity index (χ2v) is 4.92. The zero-order chi connectivity index (χ0) is 11.8. The zero-order valence-electron chi connectivity index (χ0n) is 10.4. The smallest absolute Gasteiger partial charge is 0.407 e. The first-order valence-corrected chi connectivity index (χ1v) is 6.30. The first kappa shape index (κ1) is 13.3. The lowest BCUT2D eigenvalue weighted by Crippen LogP contribution is -2.33. The Kier molecular flexibility index (Phi) is 6.23. The molecule has 1 atom stereocenters. The summed E-state index contributed by atoms with van der Waals surface area (Å²) < 4.78 is 5.03.